The molecule has 0 atom stereocenters. The molecule has 4 N–H and O–H groups in total. The Bertz CT molecular complexity index is 1530. The Balaban J connectivity index is 1.55. The fourth-order valence-electron chi connectivity index (χ4n) is 3.89. The second-order valence-corrected chi connectivity index (χ2v) is 10.6. The third kappa shape index (κ3) is 5.21. The van der Waals surface area contributed by atoms with Gasteiger partial charge in [0.15, 0.2) is 15.7 Å². The van der Waals surface area contributed by atoms with Crippen LogP contribution >= 0.6 is 0 Å². The van der Waals surface area contributed by atoms with E-state index in [1.54, 1.807) is 0 Å². The monoisotopic (exact) mass is 529 g/mol. The summed E-state index contributed by atoms with van der Waals surface area (Å²) in [5.41, 5.74) is 4.62. The molecular weight excluding hydrogens is 508 g/mol. The summed E-state index contributed by atoms with van der Waals surface area (Å²) < 4.78 is 52.0. The van der Waals surface area contributed by atoms with Crippen molar-refractivity contribution in [1.82, 2.24) is 14.7 Å². The topological polar surface area (TPSA) is 163 Å². The van der Waals surface area contributed by atoms with Gasteiger partial charge >= 0.3 is 6.03 Å². The van der Waals surface area contributed by atoms with Crippen LogP contribution in [-0.4, -0.2) is 54.4 Å². The molecule has 11 nitrogen and oxygen atoms in total. The molecule has 0 spiro atoms. The standard InChI is InChI=1S/C23H21F2N7O4S/c1-37(35,36)16-5-3-15(4-6-16)28-21-17(20(27)33)11-32(30-21)23(8-9-26)12-31(13-23)22(34)29-19-10-14(24)2-7-18(19)25/h2-7,10-11H,8,12-13H2,1H3,(H2,27,33)(H,28,30)(H,29,34). The van der Waals surface area contributed by atoms with E-state index < -0.39 is 38.9 Å². The van der Waals surface area contributed by atoms with Crippen LogP contribution in [0, 0.1) is 23.0 Å². The molecule has 1 aliphatic heterocycles. The number of amides is 3. The highest BCUT2D eigenvalue weighted by Crippen LogP contribution is 2.35. The highest BCUT2D eigenvalue weighted by Gasteiger charge is 2.48. The number of urea groups is 1. The Hall–Kier alpha value is -4.51. The van der Waals surface area contributed by atoms with Crippen LogP contribution in [0.5, 0.6) is 0 Å². The molecule has 1 aliphatic rings. The minimum Gasteiger partial charge on any atom is -0.365 e. The predicted molar refractivity (Wildman–Crippen MR) is 129 cm³/mol. The number of anilines is 3. The minimum atomic E-state index is -3.40. The Labute approximate surface area is 210 Å². The number of carbonyl (C=O) groups is 2. The molecule has 3 aromatic rings. The summed E-state index contributed by atoms with van der Waals surface area (Å²) in [4.78, 5) is 26.1. The fourth-order valence-corrected chi connectivity index (χ4v) is 4.52. The number of hydrogen-bond acceptors (Lipinski definition) is 7. The van der Waals surface area contributed by atoms with Gasteiger partial charge in [0.2, 0.25) is 0 Å². The second kappa shape index (κ2) is 9.51. The first-order valence-corrected chi connectivity index (χ1v) is 12.7. The summed E-state index contributed by atoms with van der Waals surface area (Å²) in [5.74, 6) is -2.26. The summed E-state index contributed by atoms with van der Waals surface area (Å²) in [5, 5.41) is 19.0. The van der Waals surface area contributed by atoms with Gasteiger partial charge in [0, 0.05) is 24.2 Å². The maximum absolute atomic E-state index is 13.9. The molecule has 192 valence electrons. The van der Waals surface area contributed by atoms with Crippen molar-refractivity contribution in [3.05, 3.63) is 65.9 Å². The Morgan fingerprint density at radius 1 is 1.19 bits per heavy atom. The number of nitrogens with two attached hydrogens (primary N) is 1. The van der Waals surface area contributed by atoms with E-state index in [4.69, 9.17) is 5.73 Å². The third-order valence-corrected chi connectivity index (χ3v) is 6.98. The van der Waals surface area contributed by atoms with E-state index in [0.29, 0.717) is 5.69 Å². The van der Waals surface area contributed by atoms with Gasteiger partial charge in [0.25, 0.3) is 5.91 Å². The van der Waals surface area contributed by atoms with E-state index in [2.05, 4.69) is 15.7 Å². The zero-order valence-electron chi connectivity index (χ0n) is 19.4. The average Bonchev–Trinajstić information content (AvgIpc) is 3.22. The molecule has 1 saturated heterocycles. The Morgan fingerprint density at radius 3 is 2.46 bits per heavy atom. The zero-order chi connectivity index (χ0) is 27.0. The first-order valence-electron chi connectivity index (χ1n) is 10.8. The van der Waals surface area contributed by atoms with E-state index in [9.17, 15) is 32.0 Å². The molecule has 2 aromatic carbocycles. The van der Waals surface area contributed by atoms with Crippen molar-refractivity contribution in [3.8, 4) is 6.07 Å². The van der Waals surface area contributed by atoms with Crippen LogP contribution in [0.25, 0.3) is 0 Å². The van der Waals surface area contributed by atoms with E-state index in [-0.39, 0.29) is 41.5 Å². The summed E-state index contributed by atoms with van der Waals surface area (Å²) in [6.45, 7) is -0.0165. The van der Waals surface area contributed by atoms with Gasteiger partial charge in [-0.25, -0.2) is 22.0 Å². The smallest absolute Gasteiger partial charge is 0.322 e. The highest BCUT2D eigenvalue weighted by atomic mass is 32.2. The number of hydrogen-bond donors (Lipinski definition) is 3. The number of aromatic nitrogens is 2. The van der Waals surface area contributed by atoms with Crippen molar-refractivity contribution >= 4 is 39.0 Å². The van der Waals surface area contributed by atoms with Crippen LogP contribution in [0.15, 0.2) is 53.6 Å². The van der Waals surface area contributed by atoms with Crippen molar-refractivity contribution in [2.75, 3.05) is 30.0 Å². The normalized spacial score (nSPS) is 14.4. The van der Waals surface area contributed by atoms with Gasteiger partial charge in [-0.05, 0) is 36.4 Å². The van der Waals surface area contributed by atoms with Crippen LogP contribution < -0.4 is 16.4 Å². The SMILES string of the molecule is CS(=O)(=O)c1ccc(Nc2nn(C3(CC#N)CN(C(=O)Nc4cc(F)ccc4F)C3)cc2C(N)=O)cc1. The van der Waals surface area contributed by atoms with Crippen molar-refractivity contribution in [2.45, 2.75) is 16.9 Å². The number of rotatable bonds is 7. The molecular formula is C23H21F2N7O4S. The van der Waals surface area contributed by atoms with Gasteiger partial charge in [-0.3, -0.25) is 9.48 Å². The van der Waals surface area contributed by atoms with E-state index in [0.717, 1.165) is 24.5 Å². The van der Waals surface area contributed by atoms with Crippen molar-refractivity contribution in [3.63, 3.8) is 0 Å². The van der Waals surface area contributed by atoms with Gasteiger partial charge in [-0.15, -0.1) is 0 Å². The molecule has 0 aliphatic carbocycles. The Morgan fingerprint density at radius 2 is 1.86 bits per heavy atom. The number of primary amides is 1. The molecule has 14 heteroatoms. The summed E-state index contributed by atoms with van der Waals surface area (Å²) >= 11 is 0. The number of nitrogens with one attached hydrogen (secondary N) is 2. The molecule has 4 rings (SSSR count). The minimum absolute atomic E-state index is 0.00823. The van der Waals surface area contributed by atoms with Crippen LogP contribution in [0.2, 0.25) is 0 Å². The first-order chi connectivity index (χ1) is 17.4. The maximum Gasteiger partial charge on any atom is 0.322 e. The summed E-state index contributed by atoms with van der Waals surface area (Å²) in [7, 11) is -3.40. The predicted octanol–water partition coefficient (Wildman–Crippen LogP) is 2.56. The average molecular weight is 530 g/mol. The van der Waals surface area contributed by atoms with Crippen LogP contribution in [-0.2, 0) is 15.4 Å². The van der Waals surface area contributed by atoms with Gasteiger partial charge in [-0.1, -0.05) is 0 Å². The first kappa shape index (κ1) is 25.6. The lowest BCUT2D eigenvalue weighted by atomic mass is 9.87. The van der Waals surface area contributed by atoms with E-state index >= 15 is 0 Å². The summed E-state index contributed by atoms with van der Waals surface area (Å²) in [6, 6.07) is 9.76. The van der Waals surface area contributed by atoms with Crippen molar-refractivity contribution < 1.29 is 26.8 Å². The van der Waals surface area contributed by atoms with Crippen molar-refractivity contribution in [1.29, 1.82) is 5.26 Å². The molecule has 1 aromatic heterocycles. The number of nitriles is 1. The third-order valence-electron chi connectivity index (χ3n) is 5.85. The number of benzene rings is 2. The maximum atomic E-state index is 13.9. The van der Waals surface area contributed by atoms with Crippen LogP contribution in [0.3, 0.4) is 0 Å². The Kier molecular flexibility index (Phi) is 6.57. The van der Waals surface area contributed by atoms with Gasteiger partial charge in [0.05, 0.1) is 36.2 Å². The van der Waals surface area contributed by atoms with Gasteiger partial charge < -0.3 is 21.3 Å². The molecule has 1 fully saturated rings. The van der Waals surface area contributed by atoms with Crippen molar-refractivity contribution in [2.24, 2.45) is 5.73 Å². The number of nitrogens with zero attached hydrogens (tertiary/aromatic N) is 4. The van der Waals surface area contributed by atoms with E-state index in [1.165, 1.54) is 40.0 Å². The quantitative estimate of drug-likeness (QED) is 0.423. The zero-order valence-corrected chi connectivity index (χ0v) is 20.2. The highest BCUT2D eigenvalue weighted by molar-refractivity contribution is 7.90. The fraction of sp³-hybridized carbons (Fsp3) is 0.217. The lowest BCUT2D eigenvalue weighted by Crippen LogP contribution is -2.65. The van der Waals surface area contributed by atoms with E-state index in [1.807, 2.05) is 6.07 Å². The van der Waals surface area contributed by atoms with Gasteiger partial charge in [0.1, 0.15) is 22.7 Å². The second-order valence-electron chi connectivity index (χ2n) is 8.59. The molecule has 0 radical (unpaired) electrons. The molecule has 0 saturated carbocycles. The number of halogens is 2. The molecule has 3 amide bonds. The molecule has 0 unspecified atom stereocenters. The lowest BCUT2D eigenvalue weighted by Gasteiger charge is -2.48. The van der Waals surface area contributed by atoms with Crippen LogP contribution in [0.4, 0.5) is 30.8 Å². The molecule has 2 heterocycles. The molecule has 37 heavy (non-hydrogen) atoms. The molecule has 0 bridgehead atoms. The number of carbonyl (C=O) groups excluding carboxylic acids is 2. The van der Waals surface area contributed by atoms with Gasteiger partial charge in [-0.2, -0.15) is 10.4 Å². The summed E-state index contributed by atoms with van der Waals surface area (Å²) in [6.07, 6.45) is 2.36. The van der Waals surface area contributed by atoms with Crippen LogP contribution in [0.1, 0.15) is 16.8 Å². The largest absolute Gasteiger partial charge is 0.365 e. The number of sulfone groups is 1. The lowest BCUT2D eigenvalue weighted by molar-refractivity contribution is 0.0400. The number of likely N-dealkylation sites (tertiary alicyclic amines) is 1.